The predicted molar refractivity (Wildman–Crippen MR) is 50.1 cm³/mol. The third kappa shape index (κ3) is 6.44. The molecule has 0 aliphatic heterocycles. The third-order valence-electron chi connectivity index (χ3n) is 1.74. The molecule has 0 aromatic heterocycles. The lowest BCUT2D eigenvalue weighted by atomic mass is 10.1. The van der Waals surface area contributed by atoms with Crippen molar-refractivity contribution in [3.8, 4) is 0 Å². The summed E-state index contributed by atoms with van der Waals surface area (Å²) < 4.78 is 0. The number of carbonyl (C=O) groups is 3. The van der Waals surface area contributed by atoms with Crippen LogP contribution >= 0.6 is 0 Å². The standard InChI is InChI=1S/C8H14N2O5/c1-5(8(9)15)2-10(3-6(11)12)4-7(13)14/h5H,2-4H2,1H3,(H2,9,15)(H,11,12)(H,13,14). The molecular formula is C8H14N2O5. The minimum absolute atomic E-state index is 0.0218. The quantitative estimate of drug-likeness (QED) is 0.482. The number of amides is 1. The molecule has 1 amide bonds. The Morgan fingerprint density at radius 2 is 1.60 bits per heavy atom. The van der Waals surface area contributed by atoms with Crippen LogP contribution in [-0.2, 0) is 14.4 Å². The van der Waals surface area contributed by atoms with E-state index in [1.807, 2.05) is 0 Å². The minimum atomic E-state index is -1.15. The van der Waals surface area contributed by atoms with Gasteiger partial charge in [0.1, 0.15) is 0 Å². The van der Waals surface area contributed by atoms with Gasteiger partial charge in [-0.05, 0) is 0 Å². The molecule has 0 heterocycles. The van der Waals surface area contributed by atoms with E-state index in [9.17, 15) is 14.4 Å². The molecule has 0 radical (unpaired) electrons. The molecule has 86 valence electrons. The van der Waals surface area contributed by atoms with Gasteiger partial charge in [0.2, 0.25) is 5.91 Å². The Kier molecular flexibility index (Phi) is 5.32. The van der Waals surface area contributed by atoms with Gasteiger partial charge in [0.25, 0.3) is 0 Å². The van der Waals surface area contributed by atoms with Crippen LogP contribution in [0.25, 0.3) is 0 Å². The van der Waals surface area contributed by atoms with Crippen LogP contribution in [0.15, 0.2) is 0 Å². The maximum absolute atomic E-state index is 10.7. The van der Waals surface area contributed by atoms with Crippen LogP contribution in [0.5, 0.6) is 0 Å². The molecule has 1 unspecified atom stereocenters. The van der Waals surface area contributed by atoms with E-state index in [-0.39, 0.29) is 6.54 Å². The van der Waals surface area contributed by atoms with E-state index in [0.717, 1.165) is 4.90 Å². The summed E-state index contributed by atoms with van der Waals surface area (Å²) in [5.74, 6) is -3.46. The van der Waals surface area contributed by atoms with Crippen molar-refractivity contribution >= 4 is 17.8 Å². The summed E-state index contributed by atoms with van der Waals surface area (Å²) in [6, 6.07) is 0. The summed E-state index contributed by atoms with van der Waals surface area (Å²) in [6.45, 7) is 0.681. The zero-order chi connectivity index (χ0) is 12.0. The number of carbonyl (C=O) groups excluding carboxylic acids is 1. The van der Waals surface area contributed by atoms with Gasteiger partial charge in [0.05, 0.1) is 13.1 Å². The molecule has 0 rings (SSSR count). The third-order valence-corrected chi connectivity index (χ3v) is 1.74. The van der Waals surface area contributed by atoms with Crippen molar-refractivity contribution in [2.75, 3.05) is 19.6 Å². The van der Waals surface area contributed by atoms with Gasteiger partial charge >= 0.3 is 11.9 Å². The number of nitrogens with two attached hydrogens (primary N) is 1. The number of rotatable bonds is 7. The number of hydrogen-bond acceptors (Lipinski definition) is 4. The highest BCUT2D eigenvalue weighted by atomic mass is 16.4. The lowest BCUT2D eigenvalue weighted by molar-refractivity contribution is -0.142. The molecule has 0 aliphatic carbocycles. The SMILES string of the molecule is CC(CN(CC(=O)O)CC(=O)O)C(N)=O. The molecule has 4 N–H and O–H groups in total. The first-order chi connectivity index (χ1) is 6.82. The van der Waals surface area contributed by atoms with Gasteiger partial charge in [-0.2, -0.15) is 0 Å². The second kappa shape index (κ2) is 5.97. The van der Waals surface area contributed by atoms with Crippen LogP contribution in [0.4, 0.5) is 0 Å². The Hall–Kier alpha value is -1.63. The molecule has 15 heavy (non-hydrogen) atoms. The van der Waals surface area contributed by atoms with Crippen molar-refractivity contribution in [2.24, 2.45) is 11.7 Å². The lowest BCUT2D eigenvalue weighted by Gasteiger charge is -2.20. The Morgan fingerprint density at radius 3 is 1.87 bits per heavy atom. The molecule has 0 bridgehead atoms. The van der Waals surface area contributed by atoms with Crippen molar-refractivity contribution in [2.45, 2.75) is 6.92 Å². The van der Waals surface area contributed by atoms with Crippen LogP contribution in [-0.4, -0.2) is 52.6 Å². The van der Waals surface area contributed by atoms with Crippen LogP contribution in [0.2, 0.25) is 0 Å². The lowest BCUT2D eigenvalue weighted by Crippen LogP contribution is -2.40. The normalized spacial score (nSPS) is 12.4. The van der Waals surface area contributed by atoms with E-state index < -0.39 is 36.9 Å². The number of hydrogen-bond donors (Lipinski definition) is 3. The van der Waals surface area contributed by atoms with Gasteiger partial charge in [-0.3, -0.25) is 19.3 Å². The monoisotopic (exact) mass is 218 g/mol. The van der Waals surface area contributed by atoms with Crippen LogP contribution in [0.3, 0.4) is 0 Å². The largest absolute Gasteiger partial charge is 0.480 e. The first-order valence-corrected chi connectivity index (χ1v) is 4.28. The Bertz CT molecular complexity index is 250. The molecule has 0 saturated carbocycles. The first-order valence-electron chi connectivity index (χ1n) is 4.28. The average Bonchev–Trinajstić information content (AvgIpc) is 2.00. The molecule has 7 nitrogen and oxygen atoms in total. The zero-order valence-corrected chi connectivity index (χ0v) is 8.34. The van der Waals surface area contributed by atoms with Crippen molar-refractivity contribution in [3.05, 3.63) is 0 Å². The van der Waals surface area contributed by atoms with E-state index in [4.69, 9.17) is 15.9 Å². The second-order valence-corrected chi connectivity index (χ2v) is 3.26. The topological polar surface area (TPSA) is 121 Å². The van der Waals surface area contributed by atoms with Crippen molar-refractivity contribution in [1.82, 2.24) is 4.90 Å². The summed E-state index contributed by atoms with van der Waals surface area (Å²) >= 11 is 0. The van der Waals surface area contributed by atoms with E-state index in [1.54, 1.807) is 0 Å². The van der Waals surface area contributed by atoms with E-state index >= 15 is 0 Å². The van der Waals surface area contributed by atoms with Gasteiger partial charge in [-0.1, -0.05) is 6.92 Å². The van der Waals surface area contributed by atoms with Gasteiger partial charge < -0.3 is 15.9 Å². The zero-order valence-electron chi connectivity index (χ0n) is 8.34. The fourth-order valence-electron chi connectivity index (χ4n) is 1.04. The molecule has 0 saturated heterocycles. The number of primary amides is 1. The van der Waals surface area contributed by atoms with E-state index in [1.165, 1.54) is 6.92 Å². The van der Waals surface area contributed by atoms with Gasteiger partial charge in [-0.15, -0.1) is 0 Å². The van der Waals surface area contributed by atoms with Gasteiger partial charge in [0.15, 0.2) is 0 Å². The molecule has 7 heteroatoms. The maximum atomic E-state index is 10.7. The summed E-state index contributed by atoms with van der Waals surface area (Å²) in [6.07, 6.45) is 0. The number of carboxylic acids is 2. The molecule has 0 spiro atoms. The second-order valence-electron chi connectivity index (χ2n) is 3.26. The number of nitrogens with zero attached hydrogens (tertiary/aromatic N) is 1. The predicted octanol–water partition coefficient (Wildman–Crippen LogP) is -1.42. The fourth-order valence-corrected chi connectivity index (χ4v) is 1.04. The summed E-state index contributed by atoms with van der Waals surface area (Å²) in [7, 11) is 0. The summed E-state index contributed by atoms with van der Waals surface area (Å²) in [5.41, 5.74) is 4.99. The van der Waals surface area contributed by atoms with Crippen LogP contribution < -0.4 is 5.73 Å². The fraction of sp³-hybridized carbons (Fsp3) is 0.625. The van der Waals surface area contributed by atoms with Crippen LogP contribution in [0.1, 0.15) is 6.92 Å². The Balaban J connectivity index is 4.29. The Labute approximate surface area is 86.5 Å². The van der Waals surface area contributed by atoms with E-state index in [0.29, 0.717) is 0 Å². The summed E-state index contributed by atoms with van der Waals surface area (Å²) in [4.78, 5) is 32.6. The van der Waals surface area contributed by atoms with Crippen molar-refractivity contribution in [3.63, 3.8) is 0 Å². The smallest absolute Gasteiger partial charge is 0.317 e. The molecule has 0 aromatic rings. The molecular weight excluding hydrogens is 204 g/mol. The highest BCUT2D eigenvalue weighted by Gasteiger charge is 2.18. The summed E-state index contributed by atoms with van der Waals surface area (Å²) in [5, 5.41) is 17.0. The highest BCUT2D eigenvalue weighted by molar-refractivity contribution is 5.77. The molecule has 0 fully saturated rings. The minimum Gasteiger partial charge on any atom is -0.480 e. The van der Waals surface area contributed by atoms with Crippen molar-refractivity contribution in [1.29, 1.82) is 0 Å². The van der Waals surface area contributed by atoms with Crippen LogP contribution in [0, 0.1) is 5.92 Å². The van der Waals surface area contributed by atoms with Crippen molar-refractivity contribution < 1.29 is 24.6 Å². The maximum Gasteiger partial charge on any atom is 0.317 e. The highest BCUT2D eigenvalue weighted by Crippen LogP contribution is 1.99. The van der Waals surface area contributed by atoms with Gasteiger partial charge in [-0.25, -0.2) is 0 Å². The number of carboxylic acid groups (broad SMARTS) is 2. The first kappa shape index (κ1) is 13.4. The van der Waals surface area contributed by atoms with E-state index in [2.05, 4.69) is 0 Å². The number of aliphatic carboxylic acids is 2. The molecule has 1 atom stereocenters. The molecule has 0 aromatic carbocycles. The molecule has 0 aliphatic rings. The van der Waals surface area contributed by atoms with Gasteiger partial charge in [0, 0.05) is 12.5 Å². The average molecular weight is 218 g/mol. The Morgan fingerprint density at radius 1 is 1.20 bits per heavy atom.